The largest absolute Gasteiger partial charge is 0.311 e. The van der Waals surface area contributed by atoms with E-state index in [-0.39, 0.29) is 5.91 Å². The van der Waals surface area contributed by atoms with Crippen LogP contribution < -0.4 is 5.32 Å². The molecule has 0 aromatic carbocycles. The van der Waals surface area contributed by atoms with Crippen LogP contribution in [0.15, 0.2) is 18.3 Å². The molecule has 13 heavy (non-hydrogen) atoms. The molecule has 1 heterocycles. The molecule has 70 valence electrons. The summed E-state index contributed by atoms with van der Waals surface area (Å²) < 4.78 is 12.4. The molecule has 1 rings (SSSR count). The number of carbonyl (C=O) groups is 1. The molecular weight excluding hydrogens is 191 g/mol. The van der Waals surface area contributed by atoms with Gasteiger partial charge in [0, 0.05) is 6.42 Å². The predicted molar refractivity (Wildman–Crippen MR) is 51.3 cm³/mol. The number of thiol groups is 1. The van der Waals surface area contributed by atoms with Gasteiger partial charge in [0.15, 0.2) is 0 Å². The molecule has 0 aliphatic heterocycles. The average molecular weight is 200 g/mol. The molecule has 0 radical (unpaired) electrons. The van der Waals surface area contributed by atoms with Gasteiger partial charge >= 0.3 is 0 Å². The molecule has 1 aromatic heterocycles. The van der Waals surface area contributed by atoms with Gasteiger partial charge in [-0.15, -0.1) is 0 Å². The zero-order valence-corrected chi connectivity index (χ0v) is 7.72. The number of nitrogens with zero attached hydrogens (tertiary/aromatic N) is 1. The standard InChI is InChI=1S/C8H9FN2OS/c9-6-1-2-7(10-5-6)11-8(12)3-4-13/h1-2,5,13H,3-4H2,(H,10,11,12). The van der Waals surface area contributed by atoms with Gasteiger partial charge in [0.05, 0.1) is 6.20 Å². The van der Waals surface area contributed by atoms with Gasteiger partial charge in [-0.3, -0.25) is 4.79 Å². The van der Waals surface area contributed by atoms with E-state index < -0.39 is 5.82 Å². The lowest BCUT2D eigenvalue weighted by atomic mass is 10.4. The molecule has 5 heteroatoms. The van der Waals surface area contributed by atoms with Crippen LogP contribution in [0.25, 0.3) is 0 Å². The van der Waals surface area contributed by atoms with E-state index in [0.717, 1.165) is 6.20 Å². The van der Waals surface area contributed by atoms with Crippen LogP contribution in [-0.4, -0.2) is 16.6 Å². The lowest BCUT2D eigenvalue weighted by molar-refractivity contribution is -0.115. The molecule has 0 bridgehead atoms. The Morgan fingerprint density at radius 2 is 2.38 bits per heavy atom. The number of nitrogens with one attached hydrogen (secondary N) is 1. The van der Waals surface area contributed by atoms with Crippen LogP contribution in [0.4, 0.5) is 10.2 Å². The Balaban J connectivity index is 2.54. The Bertz CT molecular complexity index is 289. The Kier molecular flexibility index (Phi) is 3.70. The van der Waals surface area contributed by atoms with Gasteiger partial charge in [-0.1, -0.05) is 0 Å². The van der Waals surface area contributed by atoms with Gasteiger partial charge in [-0.2, -0.15) is 12.6 Å². The van der Waals surface area contributed by atoms with Crippen molar-refractivity contribution in [3.63, 3.8) is 0 Å². The summed E-state index contributed by atoms with van der Waals surface area (Å²) in [6.45, 7) is 0. The fraction of sp³-hybridized carbons (Fsp3) is 0.250. The zero-order chi connectivity index (χ0) is 9.68. The van der Waals surface area contributed by atoms with Crippen molar-refractivity contribution in [2.75, 3.05) is 11.1 Å². The van der Waals surface area contributed by atoms with E-state index in [0.29, 0.717) is 18.0 Å². The SMILES string of the molecule is O=C(CCS)Nc1ccc(F)cn1. The van der Waals surface area contributed by atoms with Crippen LogP contribution in [0.2, 0.25) is 0 Å². The molecule has 1 amide bonds. The van der Waals surface area contributed by atoms with E-state index in [2.05, 4.69) is 22.9 Å². The highest BCUT2D eigenvalue weighted by molar-refractivity contribution is 7.80. The second kappa shape index (κ2) is 4.81. The van der Waals surface area contributed by atoms with Gasteiger partial charge in [0.25, 0.3) is 0 Å². The molecular formula is C8H9FN2OS. The Morgan fingerprint density at radius 3 is 2.92 bits per heavy atom. The third-order valence-electron chi connectivity index (χ3n) is 1.33. The number of halogens is 1. The van der Waals surface area contributed by atoms with Crippen molar-refractivity contribution in [2.24, 2.45) is 0 Å². The van der Waals surface area contributed by atoms with E-state index in [4.69, 9.17) is 0 Å². The minimum Gasteiger partial charge on any atom is -0.311 e. The van der Waals surface area contributed by atoms with Crippen molar-refractivity contribution in [3.05, 3.63) is 24.1 Å². The summed E-state index contributed by atoms with van der Waals surface area (Å²) in [6, 6.07) is 2.65. The Morgan fingerprint density at radius 1 is 1.62 bits per heavy atom. The van der Waals surface area contributed by atoms with Gasteiger partial charge in [-0.05, 0) is 17.9 Å². The van der Waals surface area contributed by atoms with Gasteiger partial charge in [-0.25, -0.2) is 9.37 Å². The highest BCUT2D eigenvalue weighted by Gasteiger charge is 2.01. The Labute approximate surface area is 80.8 Å². The minimum absolute atomic E-state index is 0.172. The van der Waals surface area contributed by atoms with Gasteiger partial charge < -0.3 is 5.32 Å². The van der Waals surface area contributed by atoms with Gasteiger partial charge in [0.2, 0.25) is 5.91 Å². The van der Waals surface area contributed by atoms with Crippen molar-refractivity contribution in [2.45, 2.75) is 6.42 Å². The summed E-state index contributed by atoms with van der Waals surface area (Å²) in [5.41, 5.74) is 0. The number of amides is 1. The van der Waals surface area contributed by atoms with E-state index in [1.165, 1.54) is 12.1 Å². The third-order valence-corrected chi connectivity index (χ3v) is 1.56. The maximum Gasteiger partial charge on any atom is 0.226 e. The first kappa shape index (κ1) is 9.98. The topological polar surface area (TPSA) is 42.0 Å². The smallest absolute Gasteiger partial charge is 0.226 e. The number of aromatic nitrogens is 1. The van der Waals surface area contributed by atoms with E-state index in [9.17, 15) is 9.18 Å². The maximum absolute atomic E-state index is 12.4. The highest BCUT2D eigenvalue weighted by atomic mass is 32.1. The third kappa shape index (κ3) is 3.42. The summed E-state index contributed by atoms with van der Waals surface area (Å²) in [5.74, 6) is 0.238. The van der Waals surface area contributed by atoms with Crippen molar-refractivity contribution >= 4 is 24.4 Å². The number of hydrogen-bond donors (Lipinski definition) is 2. The van der Waals surface area contributed by atoms with Crippen molar-refractivity contribution in [3.8, 4) is 0 Å². The monoisotopic (exact) mass is 200 g/mol. The molecule has 1 N–H and O–H groups in total. The number of pyridine rings is 1. The lowest BCUT2D eigenvalue weighted by Crippen LogP contribution is -2.12. The second-order valence-corrected chi connectivity index (χ2v) is 2.83. The molecule has 3 nitrogen and oxygen atoms in total. The maximum atomic E-state index is 12.4. The Hall–Kier alpha value is -1.10. The van der Waals surface area contributed by atoms with Crippen LogP contribution in [-0.2, 0) is 4.79 Å². The molecule has 0 saturated heterocycles. The zero-order valence-electron chi connectivity index (χ0n) is 6.83. The molecule has 0 spiro atoms. The molecule has 0 unspecified atom stereocenters. The molecule has 0 fully saturated rings. The molecule has 1 aromatic rings. The van der Waals surface area contributed by atoms with Crippen molar-refractivity contribution in [1.82, 2.24) is 4.98 Å². The van der Waals surface area contributed by atoms with E-state index >= 15 is 0 Å². The van der Waals surface area contributed by atoms with E-state index in [1.807, 2.05) is 0 Å². The molecule has 0 saturated carbocycles. The average Bonchev–Trinajstić information content (AvgIpc) is 2.09. The first-order valence-corrected chi connectivity index (χ1v) is 4.38. The van der Waals surface area contributed by atoms with E-state index in [1.54, 1.807) is 0 Å². The summed E-state index contributed by atoms with van der Waals surface area (Å²) in [6.07, 6.45) is 1.37. The number of rotatable bonds is 3. The molecule has 0 aliphatic rings. The van der Waals surface area contributed by atoms with Gasteiger partial charge in [0.1, 0.15) is 11.6 Å². The highest BCUT2D eigenvalue weighted by Crippen LogP contribution is 2.03. The second-order valence-electron chi connectivity index (χ2n) is 2.38. The number of carbonyl (C=O) groups excluding carboxylic acids is 1. The summed E-state index contributed by atoms with van der Waals surface area (Å²) in [7, 11) is 0. The molecule has 0 aliphatic carbocycles. The fourth-order valence-corrected chi connectivity index (χ4v) is 0.960. The minimum atomic E-state index is -0.424. The summed E-state index contributed by atoms with van der Waals surface area (Å²) in [5, 5.41) is 2.50. The number of hydrogen-bond acceptors (Lipinski definition) is 3. The molecule has 0 atom stereocenters. The van der Waals surface area contributed by atoms with Crippen LogP contribution >= 0.6 is 12.6 Å². The quantitative estimate of drug-likeness (QED) is 0.726. The normalized spacial score (nSPS) is 9.69. The van der Waals surface area contributed by atoms with Crippen LogP contribution in [0.3, 0.4) is 0 Å². The first-order valence-electron chi connectivity index (χ1n) is 3.74. The summed E-state index contributed by atoms with van der Waals surface area (Å²) >= 11 is 3.90. The summed E-state index contributed by atoms with van der Waals surface area (Å²) in [4.78, 5) is 14.7. The van der Waals surface area contributed by atoms with Crippen molar-refractivity contribution in [1.29, 1.82) is 0 Å². The predicted octanol–water partition coefficient (Wildman–Crippen LogP) is 1.48. The van der Waals surface area contributed by atoms with Crippen LogP contribution in [0.5, 0.6) is 0 Å². The van der Waals surface area contributed by atoms with Crippen LogP contribution in [0, 0.1) is 5.82 Å². The van der Waals surface area contributed by atoms with Crippen LogP contribution in [0.1, 0.15) is 6.42 Å². The fourth-order valence-electron chi connectivity index (χ4n) is 0.757. The first-order chi connectivity index (χ1) is 6.22. The lowest BCUT2D eigenvalue weighted by Gasteiger charge is -2.01. The number of anilines is 1. The van der Waals surface area contributed by atoms with Crippen molar-refractivity contribution < 1.29 is 9.18 Å².